The monoisotopic (exact) mass is 411 g/mol. The summed E-state index contributed by atoms with van der Waals surface area (Å²) in [6, 6.07) is 13.5. The summed E-state index contributed by atoms with van der Waals surface area (Å²) < 4.78 is 5.62. The van der Waals surface area contributed by atoms with E-state index in [4.69, 9.17) is 27.9 Å². The van der Waals surface area contributed by atoms with E-state index in [0.717, 1.165) is 24.2 Å². The first-order chi connectivity index (χ1) is 12.6. The van der Waals surface area contributed by atoms with Gasteiger partial charge in [-0.15, -0.1) is 11.8 Å². The van der Waals surface area contributed by atoms with E-state index in [-0.39, 0.29) is 5.91 Å². The van der Waals surface area contributed by atoms with Crippen LogP contribution in [0.4, 0.5) is 0 Å². The highest BCUT2D eigenvalue weighted by Crippen LogP contribution is 2.24. The second kappa shape index (κ2) is 11.4. The van der Waals surface area contributed by atoms with Crippen molar-refractivity contribution in [3.63, 3.8) is 0 Å². The van der Waals surface area contributed by atoms with E-state index in [0.29, 0.717) is 34.7 Å². The number of aryl methyl sites for hydroxylation is 1. The molecule has 0 aliphatic carbocycles. The van der Waals surface area contributed by atoms with Crippen molar-refractivity contribution < 1.29 is 9.53 Å². The molecular formula is C20H23Cl2NO2S. The zero-order chi connectivity index (χ0) is 18.8. The molecule has 2 aromatic rings. The first-order valence-corrected chi connectivity index (χ1v) is 10.5. The normalized spacial score (nSPS) is 10.6. The van der Waals surface area contributed by atoms with Gasteiger partial charge in [-0.2, -0.15) is 0 Å². The van der Waals surface area contributed by atoms with Crippen LogP contribution in [0.25, 0.3) is 0 Å². The van der Waals surface area contributed by atoms with Crippen molar-refractivity contribution in [2.24, 2.45) is 0 Å². The summed E-state index contributed by atoms with van der Waals surface area (Å²) in [6.45, 7) is 3.29. The van der Waals surface area contributed by atoms with Crippen molar-refractivity contribution >= 4 is 40.9 Å². The van der Waals surface area contributed by atoms with Gasteiger partial charge >= 0.3 is 0 Å². The van der Waals surface area contributed by atoms with Gasteiger partial charge in [0.2, 0.25) is 5.91 Å². The predicted octanol–water partition coefficient (Wildman–Crippen LogP) is 5.37. The summed E-state index contributed by atoms with van der Waals surface area (Å²) in [4.78, 5) is 11.9. The molecule has 0 radical (unpaired) electrons. The number of benzene rings is 2. The van der Waals surface area contributed by atoms with Gasteiger partial charge in [0.15, 0.2) is 0 Å². The highest BCUT2D eigenvalue weighted by atomic mass is 35.5. The third-order valence-corrected chi connectivity index (χ3v) is 5.29. The van der Waals surface area contributed by atoms with Gasteiger partial charge in [-0.3, -0.25) is 4.79 Å². The third kappa shape index (κ3) is 7.10. The molecule has 0 saturated carbocycles. The first kappa shape index (κ1) is 20.9. The number of carbonyl (C=O) groups excluding carboxylic acids is 1. The van der Waals surface area contributed by atoms with Crippen molar-refractivity contribution in [3.05, 3.63) is 63.6 Å². The number of halogens is 2. The Bertz CT molecular complexity index is 725. The smallest absolute Gasteiger partial charge is 0.230 e. The topological polar surface area (TPSA) is 38.3 Å². The number of ether oxygens (including phenoxy) is 1. The third-order valence-electron chi connectivity index (χ3n) is 3.72. The molecule has 0 aromatic heterocycles. The van der Waals surface area contributed by atoms with Gasteiger partial charge in [0.1, 0.15) is 5.75 Å². The van der Waals surface area contributed by atoms with Gasteiger partial charge in [-0.1, -0.05) is 47.5 Å². The van der Waals surface area contributed by atoms with Gasteiger partial charge < -0.3 is 10.1 Å². The number of thioether (sulfide) groups is 1. The first-order valence-electron chi connectivity index (χ1n) is 8.59. The highest BCUT2D eigenvalue weighted by Gasteiger charge is 2.06. The molecule has 0 atom stereocenters. The number of para-hydroxylation sites is 1. The van der Waals surface area contributed by atoms with Crippen LogP contribution in [0.2, 0.25) is 10.0 Å². The average molecular weight is 412 g/mol. The van der Waals surface area contributed by atoms with Crippen LogP contribution < -0.4 is 10.1 Å². The molecule has 26 heavy (non-hydrogen) atoms. The van der Waals surface area contributed by atoms with Gasteiger partial charge in [0, 0.05) is 22.3 Å². The Labute approximate surface area is 169 Å². The molecule has 0 aliphatic heterocycles. The maximum absolute atomic E-state index is 11.9. The summed E-state index contributed by atoms with van der Waals surface area (Å²) in [5, 5.41) is 4.22. The summed E-state index contributed by atoms with van der Waals surface area (Å²) in [7, 11) is 0. The quantitative estimate of drug-likeness (QED) is 0.533. The number of hydrogen-bond donors (Lipinski definition) is 1. The molecule has 0 fully saturated rings. The van der Waals surface area contributed by atoms with Gasteiger partial charge in [0.05, 0.1) is 12.4 Å². The number of amides is 1. The van der Waals surface area contributed by atoms with E-state index in [1.807, 2.05) is 37.3 Å². The summed E-state index contributed by atoms with van der Waals surface area (Å²) in [5.74, 6) is 2.06. The maximum Gasteiger partial charge on any atom is 0.230 e. The van der Waals surface area contributed by atoms with Gasteiger partial charge in [0.25, 0.3) is 0 Å². The lowest BCUT2D eigenvalue weighted by molar-refractivity contribution is -0.118. The van der Waals surface area contributed by atoms with Crippen molar-refractivity contribution in [2.75, 3.05) is 18.9 Å². The minimum atomic E-state index is 0.0400. The fraction of sp³-hybridized carbons (Fsp3) is 0.350. The number of nitrogens with one attached hydrogen (secondary N) is 1. The predicted molar refractivity (Wildman–Crippen MR) is 112 cm³/mol. The van der Waals surface area contributed by atoms with Crippen molar-refractivity contribution in [1.29, 1.82) is 0 Å². The van der Waals surface area contributed by atoms with E-state index < -0.39 is 0 Å². The van der Waals surface area contributed by atoms with Crippen LogP contribution in [0.1, 0.15) is 24.5 Å². The maximum atomic E-state index is 11.9. The number of hydrogen-bond acceptors (Lipinski definition) is 3. The number of rotatable bonds is 10. The lowest BCUT2D eigenvalue weighted by atomic mass is 10.1. The lowest BCUT2D eigenvalue weighted by Crippen LogP contribution is -2.26. The molecule has 1 N–H and O–H groups in total. The molecule has 6 heteroatoms. The summed E-state index contributed by atoms with van der Waals surface area (Å²) in [5.41, 5.74) is 2.16. The molecule has 0 saturated heterocycles. The van der Waals surface area contributed by atoms with Crippen molar-refractivity contribution in [3.8, 4) is 5.75 Å². The summed E-state index contributed by atoms with van der Waals surface area (Å²) in [6.07, 6.45) is 1.76. The fourth-order valence-electron chi connectivity index (χ4n) is 2.46. The highest BCUT2D eigenvalue weighted by molar-refractivity contribution is 7.99. The lowest BCUT2D eigenvalue weighted by Gasteiger charge is -2.10. The molecule has 2 aromatic carbocycles. The van der Waals surface area contributed by atoms with Crippen LogP contribution in [-0.4, -0.2) is 24.8 Å². The molecule has 1 amide bonds. The van der Waals surface area contributed by atoms with Crippen molar-refractivity contribution in [2.45, 2.75) is 25.5 Å². The Morgan fingerprint density at radius 2 is 1.96 bits per heavy atom. The largest absolute Gasteiger partial charge is 0.494 e. The molecular weight excluding hydrogens is 389 g/mol. The standard InChI is InChI=1S/C20H23Cl2NO2S/c1-2-25-19-8-4-3-6-15(19)7-5-11-23-20(24)14-26-13-16-9-10-17(21)12-18(16)22/h3-4,6,8-10,12H,2,5,7,11,13-14H2,1H3,(H,23,24). The second-order valence-corrected chi connectivity index (χ2v) is 7.55. The number of carbonyl (C=O) groups is 1. The van der Waals surface area contributed by atoms with E-state index >= 15 is 0 Å². The molecule has 0 heterocycles. The average Bonchev–Trinajstić information content (AvgIpc) is 2.62. The van der Waals surface area contributed by atoms with Gasteiger partial charge in [-0.05, 0) is 49.1 Å². The van der Waals surface area contributed by atoms with Crippen molar-refractivity contribution in [1.82, 2.24) is 5.32 Å². The zero-order valence-electron chi connectivity index (χ0n) is 14.8. The van der Waals surface area contributed by atoms with E-state index in [2.05, 4.69) is 11.4 Å². The Morgan fingerprint density at radius 1 is 1.15 bits per heavy atom. The SMILES string of the molecule is CCOc1ccccc1CCCNC(=O)CSCc1ccc(Cl)cc1Cl. The summed E-state index contributed by atoms with van der Waals surface area (Å²) >= 11 is 13.6. The van der Waals surface area contributed by atoms with E-state index in [1.54, 1.807) is 6.07 Å². The Balaban J connectivity index is 1.65. The Hall–Kier alpha value is -1.36. The minimum Gasteiger partial charge on any atom is -0.494 e. The van der Waals surface area contributed by atoms with Crippen LogP contribution in [0.5, 0.6) is 5.75 Å². The van der Waals surface area contributed by atoms with Crippen LogP contribution in [-0.2, 0) is 17.0 Å². The van der Waals surface area contributed by atoms with Crippen LogP contribution in [0.3, 0.4) is 0 Å². The molecule has 2 rings (SSSR count). The minimum absolute atomic E-state index is 0.0400. The molecule has 0 spiro atoms. The van der Waals surface area contributed by atoms with E-state index in [1.165, 1.54) is 17.3 Å². The van der Waals surface area contributed by atoms with Crippen LogP contribution in [0, 0.1) is 0 Å². The molecule has 0 bridgehead atoms. The molecule has 0 unspecified atom stereocenters. The van der Waals surface area contributed by atoms with Gasteiger partial charge in [-0.25, -0.2) is 0 Å². The van der Waals surface area contributed by atoms with Crippen LogP contribution >= 0.6 is 35.0 Å². The Morgan fingerprint density at radius 3 is 2.73 bits per heavy atom. The fourth-order valence-corrected chi connectivity index (χ4v) is 3.87. The second-order valence-electron chi connectivity index (χ2n) is 5.72. The molecule has 140 valence electrons. The molecule has 3 nitrogen and oxygen atoms in total. The van der Waals surface area contributed by atoms with Crippen LogP contribution in [0.15, 0.2) is 42.5 Å². The van der Waals surface area contributed by atoms with E-state index in [9.17, 15) is 4.79 Å². The Kier molecular flexibility index (Phi) is 9.16. The molecule has 0 aliphatic rings. The zero-order valence-corrected chi connectivity index (χ0v) is 17.1.